The van der Waals surface area contributed by atoms with Gasteiger partial charge in [-0.2, -0.15) is 4.31 Å². The molecule has 0 unspecified atom stereocenters. The molecule has 1 atom stereocenters. The average molecular weight is 361 g/mol. The van der Waals surface area contributed by atoms with Gasteiger partial charge in [0, 0.05) is 17.8 Å². The highest BCUT2D eigenvalue weighted by Crippen LogP contribution is 2.33. The van der Waals surface area contributed by atoms with Crippen LogP contribution in [-0.2, 0) is 10.0 Å². The zero-order valence-electron chi connectivity index (χ0n) is 14.0. The van der Waals surface area contributed by atoms with E-state index in [0.717, 1.165) is 6.42 Å². The van der Waals surface area contributed by atoms with E-state index in [2.05, 4.69) is 9.97 Å². The van der Waals surface area contributed by atoms with Gasteiger partial charge in [-0.3, -0.25) is 0 Å². The summed E-state index contributed by atoms with van der Waals surface area (Å²) in [5.41, 5.74) is 1.80. The van der Waals surface area contributed by atoms with E-state index in [-0.39, 0.29) is 5.56 Å². The first-order valence-electron chi connectivity index (χ1n) is 7.92. The van der Waals surface area contributed by atoms with E-state index in [9.17, 15) is 18.3 Å². The minimum atomic E-state index is -3.35. The maximum atomic E-state index is 12.0. The fourth-order valence-corrected chi connectivity index (χ4v) is 4.29. The Labute approximate surface area is 146 Å². The number of aromatic carboxylic acids is 1. The van der Waals surface area contributed by atoms with Crippen molar-refractivity contribution in [1.82, 2.24) is 14.3 Å². The summed E-state index contributed by atoms with van der Waals surface area (Å²) < 4.78 is 25.4. The Bertz CT molecular complexity index is 927. The van der Waals surface area contributed by atoms with Crippen molar-refractivity contribution in [2.24, 2.45) is 0 Å². The highest BCUT2D eigenvalue weighted by Gasteiger charge is 2.34. The molecule has 132 valence electrons. The molecular weight excluding hydrogens is 342 g/mol. The van der Waals surface area contributed by atoms with Crippen molar-refractivity contribution in [1.29, 1.82) is 0 Å². The molecule has 2 aromatic rings. The van der Waals surface area contributed by atoms with Gasteiger partial charge in [-0.15, -0.1) is 0 Å². The maximum absolute atomic E-state index is 12.0. The minimum Gasteiger partial charge on any atom is -0.478 e. The molecule has 0 spiro atoms. The van der Waals surface area contributed by atoms with Crippen LogP contribution in [0.1, 0.15) is 40.8 Å². The normalized spacial score (nSPS) is 18.4. The third-order valence-electron chi connectivity index (χ3n) is 4.23. The molecule has 0 aliphatic carbocycles. The summed E-state index contributed by atoms with van der Waals surface area (Å²) in [4.78, 5) is 20.4. The molecular formula is C17H19N3O4S. The lowest BCUT2D eigenvalue weighted by Crippen LogP contribution is -2.30. The van der Waals surface area contributed by atoms with E-state index < -0.39 is 22.0 Å². The molecule has 1 aliphatic rings. The summed E-state index contributed by atoms with van der Waals surface area (Å²) >= 11 is 0. The topological polar surface area (TPSA) is 100 Å². The van der Waals surface area contributed by atoms with Crippen LogP contribution in [0.4, 0.5) is 0 Å². The molecule has 1 N–H and O–H groups in total. The zero-order valence-corrected chi connectivity index (χ0v) is 14.8. The molecule has 0 saturated carbocycles. The van der Waals surface area contributed by atoms with E-state index in [1.165, 1.54) is 16.6 Å². The second-order valence-electron chi connectivity index (χ2n) is 6.14. The van der Waals surface area contributed by atoms with Crippen LogP contribution in [0.2, 0.25) is 0 Å². The number of nitrogens with zero attached hydrogens (tertiary/aromatic N) is 3. The number of carboxylic acids is 1. The number of carboxylic acid groups (broad SMARTS) is 1. The van der Waals surface area contributed by atoms with Gasteiger partial charge in [-0.05, 0) is 31.9 Å². The third kappa shape index (κ3) is 3.54. The Morgan fingerprint density at radius 2 is 2.00 bits per heavy atom. The molecule has 1 aliphatic heterocycles. The Morgan fingerprint density at radius 1 is 1.28 bits per heavy atom. The van der Waals surface area contributed by atoms with Gasteiger partial charge in [-0.25, -0.2) is 23.2 Å². The Kier molecular flexibility index (Phi) is 4.57. The summed E-state index contributed by atoms with van der Waals surface area (Å²) in [5, 5.41) is 9.39. The quantitative estimate of drug-likeness (QED) is 0.896. The smallest absolute Gasteiger partial charge is 0.336 e. The lowest BCUT2D eigenvalue weighted by atomic mass is 10.0. The Hall–Kier alpha value is -2.32. The molecule has 1 fully saturated rings. The van der Waals surface area contributed by atoms with E-state index in [1.54, 1.807) is 31.2 Å². The number of hydrogen-bond acceptors (Lipinski definition) is 5. The van der Waals surface area contributed by atoms with E-state index in [4.69, 9.17) is 0 Å². The van der Waals surface area contributed by atoms with Crippen molar-refractivity contribution in [3.05, 3.63) is 47.4 Å². The van der Waals surface area contributed by atoms with Crippen molar-refractivity contribution in [3.8, 4) is 11.3 Å². The number of benzene rings is 1. The molecule has 3 rings (SSSR count). The maximum Gasteiger partial charge on any atom is 0.336 e. The highest BCUT2D eigenvalue weighted by atomic mass is 32.2. The van der Waals surface area contributed by atoms with Crippen LogP contribution >= 0.6 is 0 Å². The van der Waals surface area contributed by atoms with Crippen LogP contribution in [0.15, 0.2) is 30.3 Å². The lowest BCUT2D eigenvalue weighted by Gasteiger charge is -2.21. The van der Waals surface area contributed by atoms with Crippen molar-refractivity contribution in [3.63, 3.8) is 0 Å². The number of hydrogen-bond donors (Lipinski definition) is 1. The van der Waals surface area contributed by atoms with Gasteiger partial charge in [0.15, 0.2) is 0 Å². The summed E-state index contributed by atoms with van der Waals surface area (Å²) in [6, 6.07) is 7.92. The lowest BCUT2D eigenvalue weighted by molar-refractivity contribution is 0.0697. The van der Waals surface area contributed by atoms with Gasteiger partial charge in [0.25, 0.3) is 0 Å². The van der Waals surface area contributed by atoms with Gasteiger partial charge in [0.2, 0.25) is 10.0 Å². The molecule has 1 aromatic carbocycles. The van der Waals surface area contributed by atoms with Gasteiger partial charge in [-0.1, -0.05) is 18.2 Å². The molecule has 7 nitrogen and oxygen atoms in total. The van der Waals surface area contributed by atoms with Crippen molar-refractivity contribution in [2.75, 3.05) is 12.8 Å². The Balaban J connectivity index is 2.10. The minimum absolute atomic E-state index is 0.151. The third-order valence-corrected chi connectivity index (χ3v) is 5.52. The van der Waals surface area contributed by atoms with Crippen LogP contribution in [0.25, 0.3) is 11.3 Å². The first-order chi connectivity index (χ1) is 11.8. The zero-order chi connectivity index (χ0) is 18.2. The highest BCUT2D eigenvalue weighted by molar-refractivity contribution is 7.88. The summed E-state index contributed by atoms with van der Waals surface area (Å²) in [7, 11) is -3.35. The van der Waals surface area contributed by atoms with Crippen molar-refractivity contribution >= 4 is 16.0 Å². The van der Waals surface area contributed by atoms with E-state index in [0.29, 0.717) is 35.7 Å². The first kappa shape index (κ1) is 17.5. The monoisotopic (exact) mass is 361 g/mol. The summed E-state index contributed by atoms with van der Waals surface area (Å²) in [5.74, 6) is -0.620. The predicted octanol–water partition coefficient (Wildman–Crippen LogP) is 2.25. The Morgan fingerprint density at radius 3 is 2.68 bits per heavy atom. The molecule has 25 heavy (non-hydrogen) atoms. The second-order valence-corrected chi connectivity index (χ2v) is 8.07. The molecule has 1 aromatic heterocycles. The van der Waals surface area contributed by atoms with Gasteiger partial charge >= 0.3 is 5.97 Å². The molecule has 1 saturated heterocycles. The molecule has 8 heteroatoms. The van der Waals surface area contributed by atoms with Crippen LogP contribution in [0, 0.1) is 6.92 Å². The molecule has 0 bridgehead atoms. The summed E-state index contributed by atoms with van der Waals surface area (Å²) in [6.45, 7) is 2.24. The fraction of sp³-hybridized carbons (Fsp3) is 0.353. The van der Waals surface area contributed by atoms with Gasteiger partial charge < -0.3 is 5.11 Å². The van der Waals surface area contributed by atoms with Gasteiger partial charge in [0.1, 0.15) is 5.82 Å². The van der Waals surface area contributed by atoms with Crippen LogP contribution in [0.3, 0.4) is 0 Å². The summed E-state index contributed by atoms with van der Waals surface area (Å²) in [6.07, 6.45) is 2.58. The second kappa shape index (κ2) is 6.53. The number of carbonyl (C=O) groups is 1. The van der Waals surface area contributed by atoms with Crippen LogP contribution in [0.5, 0.6) is 0 Å². The van der Waals surface area contributed by atoms with Crippen molar-refractivity contribution in [2.45, 2.75) is 25.8 Å². The largest absolute Gasteiger partial charge is 0.478 e. The molecule has 2 heterocycles. The van der Waals surface area contributed by atoms with E-state index >= 15 is 0 Å². The molecule has 0 radical (unpaired) electrons. The van der Waals surface area contributed by atoms with Gasteiger partial charge in [0.05, 0.1) is 23.6 Å². The number of sulfonamides is 1. The molecule has 0 amide bonds. The van der Waals surface area contributed by atoms with Crippen molar-refractivity contribution < 1.29 is 18.3 Å². The number of aryl methyl sites for hydroxylation is 1. The SMILES string of the molecule is Cc1cc(-c2ccccc2C(=O)O)nc([C@H]2CCCN2S(C)(=O)=O)n1. The van der Waals surface area contributed by atoms with Crippen LogP contribution < -0.4 is 0 Å². The average Bonchev–Trinajstić information content (AvgIpc) is 3.04. The first-order valence-corrected chi connectivity index (χ1v) is 9.77. The standard InChI is InChI=1S/C17H19N3O4S/c1-11-10-14(12-6-3-4-7-13(12)17(21)22)19-16(18-11)15-8-5-9-20(15)25(2,23)24/h3-4,6-7,10,15H,5,8-9H2,1-2H3,(H,21,22)/t15-/m1/s1. The van der Waals surface area contributed by atoms with Crippen LogP contribution in [-0.4, -0.2) is 46.6 Å². The predicted molar refractivity (Wildman–Crippen MR) is 92.7 cm³/mol. The number of rotatable bonds is 4. The number of aromatic nitrogens is 2. The van der Waals surface area contributed by atoms with E-state index in [1.807, 2.05) is 0 Å². The fourth-order valence-electron chi connectivity index (χ4n) is 3.17.